The molecule has 0 heterocycles. The fraction of sp³-hybridized carbons (Fsp3) is 0.455. The number of hydrogen-bond donors (Lipinski definition) is 1. The molecule has 0 fully saturated rings. The summed E-state index contributed by atoms with van der Waals surface area (Å²) in [6.45, 7) is 5.88. The molecule has 0 spiro atoms. The van der Waals surface area contributed by atoms with Crippen molar-refractivity contribution < 1.29 is 9.78 Å². The second-order valence-corrected chi connectivity index (χ2v) is 3.08. The van der Waals surface area contributed by atoms with Crippen LogP contribution >= 0.6 is 0 Å². The van der Waals surface area contributed by atoms with Gasteiger partial charge in [0.05, 0.1) is 25.1 Å². The van der Waals surface area contributed by atoms with Crippen LogP contribution in [0.2, 0.25) is 0 Å². The Hall–Kier alpha value is -1.64. The average molecular weight is 223 g/mol. The number of nitrogens with zero attached hydrogens (tertiary/aromatic N) is 2. The molecule has 0 aliphatic carbocycles. The van der Waals surface area contributed by atoms with E-state index in [1.165, 1.54) is 7.11 Å². The molecule has 0 rings (SSSR count). The van der Waals surface area contributed by atoms with Crippen molar-refractivity contribution in [1.82, 2.24) is 5.32 Å². The molecule has 0 aliphatic heterocycles. The number of nitrogens with one attached hydrogen (secondary N) is 1. The molecule has 0 saturated heterocycles. The first-order valence-electron chi connectivity index (χ1n) is 4.78. The quantitative estimate of drug-likeness (QED) is 0.233. The van der Waals surface area contributed by atoms with E-state index in [1.54, 1.807) is 19.5 Å². The molecule has 1 N–H and O–H groups in total. The summed E-state index contributed by atoms with van der Waals surface area (Å²) in [7, 11) is 3.06. The van der Waals surface area contributed by atoms with Crippen LogP contribution in [0.15, 0.2) is 28.9 Å². The van der Waals surface area contributed by atoms with Crippen molar-refractivity contribution in [2.24, 2.45) is 10.9 Å². The molecular formula is C11H17N3O2. The van der Waals surface area contributed by atoms with Crippen molar-refractivity contribution in [2.75, 3.05) is 20.8 Å². The second-order valence-electron chi connectivity index (χ2n) is 3.08. The molecular weight excluding hydrogens is 206 g/mol. The average Bonchev–Trinajstić information content (AvgIpc) is 2.30. The lowest BCUT2D eigenvalue weighted by molar-refractivity contribution is -0.264. The predicted molar refractivity (Wildman–Crippen MR) is 62.5 cm³/mol. The maximum atomic E-state index is 8.83. The van der Waals surface area contributed by atoms with Crippen LogP contribution < -0.4 is 5.32 Å². The van der Waals surface area contributed by atoms with Gasteiger partial charge in [0, 0.05) is 18.7 Å². The standard InChI is InChI=1S/C11H17N3O2/c1-9(10(2)14-8-13-3)5-11(6-12)7-16-15-4/h5,8-9H,2,7H2,1,3-4H3,(H,13,14)/b11-5-. The molecule has 16 heavy (non-hydrogen) atoms. The maximum Gasteiger partial charge on any atom is 0.117 e. The largest absolute Gasteiger partial charge is 0.350 e. The molecule has 0 saturated carbocycles. The first-order chi connectivity index (χ1) is 7.65. The minimum absolute atomic E-state index is 0.00751. The Balaban J connectivity index is 4.35. The van der Waals surface area contributed by atoms with Gasteiger partial charge in [0.25, 0.3) is 0 Å². The van der Waals surface area contributed by atoms with Crippen molar-refractivity contribution in [1.29, 1.82) is 5.26 Å². The lowest BCUT2D eigenvalue weighted by Crippen LogP contribution is -2.15. The zero-order valence-electron chi connectivity index (χ0n) is 9.86. The third-order valence-electron chi connectivity index (χ3n) is 1.86. The fourth-order valence-electron chi connectivity index (χ4n) is 0.921. The molecule has 0 amide bonds. The van der Waals surface area contributed by atoms with E-state index >= 15 is 0 Å². The third kappa shape index (κ3) is 5.96. The van der Waals surface area contributed by atoms with E-state index < -0.39 is 0 Å². The van der Waals surface area contributed by atoms with Crippen molar-refractivity contribution in [3.05, 3.63) is 23.9 Å². The van der Waals surface area contributed by atoms with Crippen LogP contribution in [0.4, 0.5) is 0 Å². The molecule has 88 valence electrons. The van der Waals surface area contributed by atoms with Crippen LogP contribution in [0.1, 0.15) is 6.92 Å². The normalized spacial score (nSPS) is 13.5. The van der Waals surface area contributed by atoms with Crippen LogP contribution in [0.5, 0.6) is 0 Å². The van der Waals surface area contributed by atoms with Crippen LogP contribution in [0.3, 0.4) is 0 Å². The molecule has 1 unspecified atom stereocenters. The Labute approximate surface area is 96.0 Å². The van der Waals surface area contributed by atoms with Gasteiger partial charge < -0.3 is 5.32 Å². The summed E-state index contributed by atoms with van der Waals surface area (Å²) in [6.07, 6.45) is 3.31. The zero-order chi connectivity index (χ0) is 12.4. The summed E-state index contributed by atoms with van der Waals surface area (Å²) in [4.78, 5) is 12.9. The lowest BCUT2D eigenvalue weighted by Gasteiger charge is -2.10. The van der Waals surface area contributed by atoms with Crippen molar-refractivity contribution in [3.63, 3.8) is 0 Å². The first-order valence-corrected chi connectivity index (χ1v) is 4.78. The van der Waals surface area contributed by atoms with Gasteiger partial charge in [-0.3, -0.25) is 4.99 Å². The summed E-state index contributed by atoms with van der Waals surface area (Å²) in [5.41, 5.74) is 1.25. The van der Waals surface area contributed by atoms with E-state index in [4.69, 9.17) is 5.26 Å². The van der Waals surface area contributed by atoms with Crippen LogP contribution in [0, 0.1) is 17.2 Å². The van der Waals surface area contributed by atoms with E-state index in [2.05, 4.69) is 26.7 Å². The summed E-state index contributed by atoms with van der Waals surface area (Å²) in [5, 5.41) is 11.7. The van der Waals surface area contributed by atoms with Gasteiger partial charge in [0.2, 0.25) is 0 Å². The molecule has 5 nitrogen and oxygen atoms in total. The highest BCUT2D eigenvalue weighted by atomic mass is 17.2. The monoisotopic (exact) mass is 223 g/mol. The van der Waals surface area contributed by atoms with E-state index in [0.717, 1.165) is 5.70 Å². The van der Waals surface area contributed by atoms with Crippen molar-refractivity contribution >= 4 is 6.34 Å². The SMILES string of the molecule is C=C(NC=NC)C(C)/C=C(/C#N)COOC. The predicted octanol–water partition coefficient (Wildman–Crippen LogP) is 1.41. The molecule has 0 radical (unpaired) electrons. The summed E-state index contributed by atoms with van der Waals surface area (Å²) in [5.74, 6) is 0.00751. The minimum atomic E-state index is 0.00751. The van der Waals surface area contributed by atoms with Crippen LogP contribution in [-0.4, -0.2) is 27.1 Å². The highest BCUT2D eigenvalue weighted by molar-refractivity contribution is 5.57. The van der Waals surface area contributed by atoms with Gasteiger partial charge in [0.1, 0.15) is 6.61 Å². The first kappa shape index (κ1) is 14.4. The smallest absolute Gasteiger partial charge is 0.117 e. The van der Waals surface area contributed by atoms with Gasteiger partial charge in [-0.1, -0.05) is 19.6 Å². The topological polar surface area (TPSA) is 66.6 Å². The Morgan fingerprint density at radius 2 is 2.38 bits per heavy atom. The van der Waals surface area contributed by atoms with Gasteiger partial charge in [0.15, 0.2) is 0 Å². The van der Waals surface area contributed by atoms with E-state index in [9.17, 15) is 0 Å². The number of hydrogen-bond acceptors (Lipinski definition) is 4. The Bertz CT molecular complexity index is 316. The highest BCUT2D eigenvalue weighted by Crippen LogP contribution is 2.09. The number of allylic oxidation sites excluding steroid dienone is 1. The molecule has 0 aliphatic rings. The van der Waals surface area contributed by atoms with E-state index in [-0.39, 0.29) is 12.5 Å². The van der Waals surface area contributed by atoms with Crippen molar-refractivity contribution in [3.8, 4) is 6.07 Å². The van der Waals surface area contributed by atoms with Gasteiger partial charge >= 0.3 is 0 Å². The van der Waals surface area contributed by atoms with Crippen LogP contribution in [-0.2, 0) is 9.78 Å². The van der Waals surface area contributed by atoms with Gasteiger partial charge in [-0.15, -0.1) is 0 Å². The Morgan fingerprint density at radius 1 is 1.69 bits per heavy atom. The fourth-order valence-corrected chi connectivity index (χ4v) is 0.921. The van der Waals surface area contributed by atoms with Crippen LogP contribution in [0.25, 0.3) is 0 Å². The second kappa shape index (κ2) is 8.65. The van der Waals surface area contributed by atoms with E-state index in [1.807, 2.05) is 13.0 Å². The number of rotatable bonds is 7. The summed E-state index contributed by atoms with van der Waals surface area (Å²) in [6, 6.07) is 2.03. The summed E-state index contributed by atoms with van der Waals surface area (Å²) < 4.78 is 0. The third-order valence-corrected chi connectivity index (χ3v) is 1.86. The lowest BCUT2D eigenvalue weighted by atomic mass is 10.1. The number of nitriles is 1. The van der Waals surface area contributed by atoms with Crippen molar-refractivity contribution in [2.45, 2.75) is 6.92 Å². The molecule has 0 aromatic rings. The van der Waals surface area contributed by atoms with E-state index in [0.29, 0.717) is 5.57 Å². The Kier molecular flexibility index (Phi) is 7.76. The molecule has 0 bridgehead atoms. The summed E-state index contributed by atoms with van der Waals surface area (Å²) >= 11 is 0. The molecule has 1 atom stereocenters. The molecule has 5 heteroatoms. The zero-order valence-corrected chi connectivity index (χ0v) is 9.86. The maximum absolute atomic E-state index is 8.83. The highest BCUT2D eigenvalue weighted by Gasteiger charge is 2.05. The van der Waals surface area contributed by atoms with Gasteiger partial charge in [-0.25, -0.2) is 9.78 Å². The minimum Gasteiger partial charge on any atom is -0.350 e. The number of aliphatic imine (C=N–C) groups is 1. The van der Waals surface area contributed by atoms with Gasteiger partial charge in [-0.05, 0) is 0 Å². The molecule has 0 aromatic heterocycles. The Morgan fingerprint density at radius 3 is 2.88 bits per heavy atom. The molecule has 0 aromatic carbocycles. The van der Waals surface area contributed by atoms with Gasteiger partial charge in [-0.2, -0.15) is 5.26 Å².